The minimum Gasteiger partial charge on any atom is -0.496 e. The lowest BCUT2D eigenvalue weighted by molar-refractivity contribution is 0.419. The Balaban J connectivity index is 2.41. The van der Waals surface area contributed by atoms with E-state index in [9.17, 15) is 0 Å². The largest absolute Gasteiger partial charge is 0.496 e. The molecule has 0 radical (unpaired) electrons. The number of methoxy groups -OCH3 is 1. The van der Waals surface area contributed by atoms with Crippen LogP contribution < -0.4 is 4.74 Å². The van der Waals surface area contributed by atoms with E-state index in [1.165, 1.54) is 41.4 Å². The van der Waals surface area contributed by atoms with Gasteiger partial charge in [0.25, 0.3) is 0 Å². The van der Waals surface area contributed by atoms with Crippen molar-refractivity contribution in [2.75, 3.05) is 7.11 Å². The second-order valence-electron chi connectivity index (χ2n) is 5.25. The molecule has 0 bridgehead atoms. The third-order valence-electron chi connectivity index (χ3n) is 4.28. The fourth-order valence-electron chi connectivity index (χ4n) is 3.50. The molecule has 0 saturated carbocycles. The van der Waals surface area contributed by atoms with Gasteiger partial charge in [-0.1, -0.05) is 13.0 Å². The fraction of sp³-hybridized carbons (Fsp3) is 0.500. The first-order valence-electron chi connectivity index (χ1n) is 6.95. The molecule has 1 heterocycles. The van der Waals surface area contributed by atoms with Crippen molar-refractivity contribution >= 4 is 10.9 Å². The summed E-state index contributed by atoms with van der Waals surface area (Å²) in [5.74, 6) is 1.69. The van der Waals surface area contributed by atoms with Crippen LogP contribution in [0.3, 0.4) is 0 Å². The highest BCUT2D eigenvalue weighted by Crippen LogP contribution is 2.42. The molecule has 0 spiro atoms. The first kappa shape index (κ1) is 11.6. The molecule has 0 aliphatic heterocycles. The summed E-state index contributed by atoms with van der Waals surface area (Å²) in [6.07, 6.45) is 3.83. The summed E-state index contributed by atoms with van der Waals surface area (Å²) in [7, 11) is 1.78. The molecule has 0 fully saturated rings. The normalized spacial score (nSPS) is 18.9. The summed E-state index contributed by atoms with van der Waals surface area (Å²) in [6, 6.07) is 6.42. The Hall–Kier alpha value is -1.44. The van der Waals surface area contributed by atoms with Crippen LogP contribution in [-0.2, 0) is 13.0 Å². The Kier molecular flexibility index (Phi) is 2.81. The molecule has 2 heteroatoms. The van der Waals surface area contributed by atoms with E-state index in [1.807, 2.05) is 0 Å². The van der Waals surface area contributed by atoms with E-state index in [0.29, 0.717) is 5.92 Å². The lowest BCUT2D eigenvalue weighted by Gasteiger charge is -2.21. The van der Waals surface area contributed by atoms with E-state index in [2.05, 4.69) is 36.6 Å². The molecule has 3 rings (SSSR count). The van der Waals surface area contributed by atoms with E-state index in [-0.39, 0.29) is 0 Å². The summed E-state index contributed by atoms with van der Waals surface area (Å²) in [4.78, 5) is 0. The Labute approximate surface area is 109 Å². The molecule has 1 aliphatic carbocycles. The first-order chi connectivity index (χ1) is 8.77. The highest BCUT2D eigenvalue weighted by Gasteiger charge is 2.25. The van der Waals surface area contributed by atoms with Crippen LogP contribution in [0.2, 0.25) is 0 Å². The van der Waals surface area contributed by atoms with E-state index >= 15 is 0 Å². The van der Waals surface area contributed by atoms with E-state index < -0.39 is 0 Å². The van der Waals surface area contributed by atoms with Crippen molar-refractivity contribution in [3.63, 3.8) is 0 Å². The number of fused-ring (bicyclic) bond motifs is 3. The third-order valence-corrected chi connectivity index (χ3v) is 4.28. The van der Waals surface area contributed by atoms with Crippen molar-refractivity contribution in [2.24, 2.45) is 0 Å². The zero-order valence-corrected chi connectivity index (χ0v) is 11.5. The summed E-state index contributed by atoms with van der Waals surface area (Å²) < 4.78 is 8.06. The maximum absolute atomic E-state index is 5.59. The molecule has 0 saturated heterocycles. The first-order valence-corrected chi connectivity index (χ1v) is 6.95. The number of hydrogen-bond donors (Lipinski definition) is 0. The molecule has 1 aromatic heterocycles. The molecule has 1 aliphatic rings. The lowest BCUT2D eigenvalue weighted by atomic mass is 9.86. The van der Waals surface area contributed by atoms with E-state index in [1.54, 1.807) is 7.11 Å². The van der Waals surface area contributed by atoms with Gasteiger partial charge in [-0.15, -0.1) is 0 Å². The van der Waals surface area contributed by atoms with Crippen LogP contribution in [0, 0.1) is 0 Å². The van der Waals surface area contributed by atoms with Gasteiger partial charge in [0.15, 0.2) is 0 Å². The minimum atomic E-state index is 0.653. The Morgan fingerprint density at radius 2 is 2.22 bits per heavy atom. The molecular formula is C16H21NO. The van der Waals surface area contributed by atoms with Crippen molar-refractivity contribution in [2.45, 2.75) is 45.6 Å². The molecule has 2 aromatic rings. The number of rotatable bonds is 2. The quantitative estimate of drug-likeness (QED) is 0.774. The lowest BCUT2D eigenvalue weighted by Crippen LogP contribution is -2.10. The smallest absolute Gasteiger partial charge is 0.128 e. The van der Waals surface area contributed by atoms with Gasteiger partial charge >= 0.3 is 0 Å². The van der Waals surface area contributed by atoms with Crippen molar-refractivity contribution < 1.29 is 4.74 Å². The summed E-state index contributed by atoms with van der Waals surface area (Å²) in [6.45, 7) is 5.63. The average molecular weight is 243 g/mol. The summed E-state index contributed by atoms with van der Waals surface area (Å²) >= 11 is 0. The number of benzene rings is 1. The number of nitrogens with zero attached hydrogens (tertiary/aromatic N) is 1. The molecule has 1 atom stereocenters. The van der Waals surface area contributed by atoms with Gasteiger partial charge in [-0.2, -0.15) is 0 Å². The molecule has 1 aromatic carbocycles. The van der Waals surface area contributed by atoms with Crippen LogP contribution in [-0.4, -0.2) is 11.7 Å². The van der Waals surface area contributed by atoms with Gasteiger partial charge in [0.1, 0.15) is 5.75 Å². The summed E-state index contributed by atoms with van der Waals surface area (Å²) in [5.41, 5.74) is 4.42. The monoisotopic (exact) mass is 243 g/mol. The third kappa shape index (κ3) is 1.48. The molecule has 96 valence electrons. The SMILES string of the molecule is CCn1c2c(c3c(OC)cccc31)[C@H](C)CCC2. The van der Waals surface area contributed by atoms with Gasteiger partial charge in [-0.05, 0) is 49.8 Å². The molecule has 18 heavy (non-hydrogen) atoms. The maximum atomic E-state index is 5.59. The van der Waals surface area contributed by atoms with Gasteiger partial charge in [0.05, 0.1) is 12.6 Å². The second-order valence-corrected chi connectivity index (χ2v) is 5.25. The minimum absolute atomic E-state index is 0.653. The number of aryl methyl sites for hydroxylation is 1. The average Bonchev–Trinajstić information content (AvgIpc) is 2.73. The number of hydrogen-bond acceptors (Lipinski definition) is 1. The Morgan fingerprint density at radius 3 is 2.94 bits per heavy atom. The van der Waals surface area contributed by atoms with Crippen molar-refractivity contribution in [1.82, 2.24) is 4.57 Å². The van der Waals surface area contributed by atoms with Crippen LogP contribution in [0.5, 0.6) is 5.75 Å². The van der Waals surface area contributed by atoms with E-state index in [4.69, 9.17) is 4.74 Å². The van der Waals surface area contributed by atoms with Crippen LogP contribution in [0.15, 0.2) is 18.2 Å². The van der Waals surface area contributed by atoms with Crippen LogP contribution in [0.4, 0.5) is 0 Å². The molecule has 0 N–H and O–H groups in total. The van der Waals surface area contributed by atoms with Crippen LogP contribution >= 0.6 is 0 Å². The van der Waals surface area contributed by atoms with Gasteiger partial charge < -0.3 is 9.30 Å². The molecule has 0 amide bonds. The van der Waals surface area contributed by atoms with E-state index in [0.717, 1.165) is 12.3 Å². The van der Waals surface area contributed by atoms with Gasteiger partial charge in [0.2, 0.25) is 0 Å². The molecule has 0 unspecified atom stereocenters. The highest BCUT2D eigenvalue weighted by atomic mass is 16.5. The van der Waals surface area contributed by atoms with Crippen molar-refractivity contribution in [1.29, 1.82) is 0 Å². The Bertz CT molecular complexity index is 582. The van der Waals surface area contributed by atoms with Crippen LogP contribution in [0.1, 0.15) is 43.9 Å². The fourth-order valence-corrected chi connectivity index (χ4v) is 3.50. The molecule has 2 nitrogen and oxygen atoms in total. The predicted molar refractivity (Wildman–Crippen MR) is 75.5 cm³/mol. The zero-order chi connectivity index (χ0) is 12.7. The van der Waals surface area contributed by atoms with Gasteiger partial charge in [-0.25, -0.2) is 0 Å². The van der Waals surface area contributed by atoms with Crippen LogP contribution in [0.25, 0.3) is 10.9 Å². The maximum Gasteiger partial charge on any atom is 0.128 e. The molecular weight excluding hydrogens is 222 g/mol. The number of aromatic nitrogens is 1. The van der Waals surface area contributed by atoms with Gasteiger partial charge in [-0.3, -0.25) is 0 Å². The van der Waals surface area contributed by atoms with Crippen molar-refractivity contribution in [3.05, 3.63) is 29.5 Å². The Morgan fingerprint density at radius 1 is 1.39 bits per heavy atom. The van der Waals surface area contributed by atoms with Crippen molar-refractivity contribution in [3.8, 4) is 5.75 Å². The predicted octanol–water partition coefficient (Wildman–Crippen LogP) is 4.11. The highest BCUT2D eigenvalue weighted by molar-refractivity contribution is 5.92. The van der Waals surface area contributed by atoms with Gasteiger partial charge in [0, 0.05) is 17.6 Å². The second kappa shape index (κ2) is 4.34. The standard InChI is InChI=1S/C16H21NO/c1-4-17-12-8-5-7-11(2)15(12)16-13(17)9-6-10-14(16)18-3/h6,9-11H,4-5,7-8H2,1-3H3/t11-/m1/s1. The summed E-state index contributed by atoms with van der Waals surface area (Å²) in [5, 5.41) is 1.35. The topological polar surface area (TPSA) is 14.2 Å². The number of ether oxygens (including phenoxy) is 1. The zero-order valence-electron chi connectivity index (χ0n) is 11.5.